The molecule has 0 aliphatic carbocycles. The van der Waals surface area contributed by atoms with Crippen LogP contribution in [0.4, 0.5) is 5.69 Å². The molecule has 25 heavy (non-hydrogen) atoms. The maximum atomic E-state index is 12.5. The Morgan fingerprint density at radius 2 is 2.08 bits per heavy atom. The number of hydrogen-bond donors (Lipinski definition) is 1. The van der Waals surface area contributed by atoms with Gasteiger partial charge in [0.05, 0.1) is 30.9 Å². The monoisotopic (exact) mass is 362 g/mol. The Hall–Kier alpha value is -2.12. The third kappa shape index (κ3) is 4.70. The van der Waals surface area contributed by atoms with Crippen molar-refractivity contribution < 1.29 is 17.6 Å². The zero-order chi connectivity index (χ0) is 17.9. The molecule has 2 heterocycles. The number of benzene rings is 1. The Kier molecular flexibility index (Phi) is 5.24. The molecular formula is C18H22N2O4S. The van der Waals surface area contributed by atoms with Crippen molar-refractivity contribution in [1.29, 1.82) is 0 Å². The van der Waals surface area contributed by atoms with Crippen LogP contribution in [0.15, 0.2) is 47.1 Å². The van der Waals surface area contributed by atoms with Crippen LogP contribution >= 0.6 is 0 Å². The predicted molar refractivity (Wildman–Crippen MR) is 96.0 cm³/mol. The molecule has 1 aromatic carbocycles. The molecule has 0 spiro atoms. The SMILES string of the molecule is Cc1ccccc1NC(=O)CN(Cc1ccco1)[C@@H]1CCS(=O)(=O)C1. The molecule has 0 bridgehead atoms. The van der Waals surface area contributed by atoms with E-state index in [0.29, 0.717) is 18.7 Å². The smallest absolute Gasteiger partial charge is 0.238 e. The maximum absolute atomic E-state index is 12.5. The second-order valence-corrected chi connectivity index (χ2v) is 8.63. The summed E-state index contributed by atoms with van der Waals surface area (Å²) in [6.07, 6.45) is 2.12. The van der Waals surface area contributed by atoms with E-state index in [1.165, 1.54) is 0 Å². The number of sulfone groups is 1. The average Bonchev–Trinajstić information content (AvgIpc) is 3.18. The van der Waals surface area contributed by atoms with Gasteiger partial charge in [-0.15, -0.1) is 0 Å². The fourth-order valence-corrected chi connectivity index (χ4v) is 4.83. The Labute approximate surface area is 147 Å². The van der Waals surface area contributed by atoms with E-state index < -0.39 is 9.84 Å². The van der Waals surface area contributed by atoms with E-state index in [4.69, 9.17) is 4.42 Å². The summed E-state index contributed by atoms with van der Waals surface area (Å²) in [4.78, 5) is 14.4. The molecule has 6 nitrogen and oxygen atoms in total. The summed E-state index contributed by atoms with van der Waals surface area (Å²) < 4.78 is 29.0. The van der Waals surface area contributed by atoms with Gasteiger partial charge in [0, 0.05) is 11.7 Å². The van der Waals surface area contributed by atoms with Crippen LogP contribution in [0.2, 0.25) is 0 Å². The van der Waals surface area contributed by atoms with Gasteiger partial charge in [-0.25, -0.2) is 8.42 Å². The van der Waals surface area contributed by atoms with E-state index in [1.807, 2.05) is 42.2 Å². The normalized spacial score (nSPS) is 19.2. The fraction of sp³-hybridized carbons (Fsp3) is 0.389. The Bertz CT molecular complexity index is 831. The van der Waals surface area contributed by atoms with E-state index in [2.05, 4.69) is 5.32 Å². The maximum Gasteiger partial charge on any atom is 0.238 e. The molecule has 1 fully saturated rings. The number of aryl methyl sites for hydroxylation is 1. The minimum absolute atomic E-state index is 0.0886. The lowest BCUT2D eigenvalue weighted by atomic mass is 10.2. The van der Waals surface area contributed by atoms with Crippen LogP contribution in [0.1, 0.15) is 17.7 Å². The van der Waals surface area contributed by atoms with Gasteiger partial charge in [-0.05, 0) is 37.1 Å². The summed E-state index contributed by atoms with van der Waals surface area (Å²) in [5.74, 6) is 0.815. The van der Waals surface area contributed by atoms with Crippen LogP contribution in [0.25, 0.3) is 0 Å². The van der Waals surface area contributed by atoms with Crippen molar-refractivity contribution in [3.8, 4) is 0 Å². The van der Waals surface area contributed by atoms with Crippen molar-refractivity contribution in [3.63, 3.8) is 0 Å². The van der Waals surface area contributed by atoms with Gasteiger partial charge in [0.25, 0.3) is 0 Å². The molecule has 1 N–H and O–H groups in total. The molecule has 1 aliphatic rings. The van der Waals surface area contributed by atoms with Crippen molar-refractivity contribution in [1.82, 2.24) is 4.90 Å². The molecule has 1 atom stereocenters. The van der Waals surface area contributed by atoms with Crippen LogP contribution < -0.4 is 5.32 Å². The number of hydrogen-bond acceptors (Lipinski definition) is 5. The predicted octanol–water partition coefficient (Wildman–Crippen LogP) is 2.22. The zero-order valence-corrected chi connectivity index (χ0v) is 15.0. The summed E-state index contributed by atoms with van der Waals surface area (Å²) in [6, 6.07) is 11.0. The summed E-state index contributed by atoms with van der Waals surface area (Å²) in [5.41, 5.74) is 1.75. The first-order chi connectivity index (χ1) is 11.9. The second kappa shape index (κ2) is 7.41. The number of anilines is 1. The number of furan rings is 1. The van der Waals surface area contributed by atoms with E-state index in [-0.39, 0.29) is 30.0 Å². The van der Waals surface area contributed by atoms with Crippen molar-refractivity contribution in [2.24, 2.45) is 0 Å². The third-order valence-corrected chi connectivity index (χ3v) is 6.18. The summed E-state index contributed by atoms with van der Waals surface area (Å²) in [6.45, 7) is 2.46. The first-order valence-corrected chi connectivity index (χ1v) is 10.1. The highest BCUT2D eigenvalue weighted by Crippen LogP contribution is 2.21. The number of para-hydroxylation sites is 1. The van der Waals surface area contributed by atoms with Gasteiger partial charge in [-0.1, -0.05) is 18.2 Å². The first kappa shape index (κ1) is 17.7. The van der Waals surface area contributed by atoms with E-state index in [9.17, 15) is 13.2 Å². The van der Waals surface area contributed by atoms with Gasteiger partial charge in [0.15, 0.2) is 9.84 Å². The van der Waals surface area contributed by atoms with Gasteiger partial charge >= 0.3 is 0 Å². The highest BCUT2D eigenvalue weighted by atomic mass is 32.2. The minimum atomic E-state index is -3.02. The number of carbonyl (C=O) groups is 1. The summed E-state index contributed by atoms with van der Waals surface area (Å²) in [7, 11) is -3.02. The average molecular weight is 362 g/mol. The fourth-order valence-electron chi connectivity index (χ4n) is 3.07. The molecule has 1 aliphatic heterocycles. The number of carbonyl (C=O) groups excluding carboxylic acids is 1. The number of amides is 1. The van der Waals surface area contributed by atoms with E-state index >= 15 is 0 Å². The van der Waals surface area contributed by atoms with Gasteiger partial charge in [0.2, 0.25) is 5.91 Å². The van der Waals surface area contributed by atoms with Crippen molar-refractivity contribution in [3.05, 3.63) is 54.0 Å². The van der Waals surface area contributed by atoms with Crippen molar-refractivity contribution in [2.75, 3.05) is 23.4 Å². The number of rotatable bonds is 6. The molecule has 0 radical (unpaired) electrons. The molecule has 134 valence electrons. The largest absolute Gasteiger partial charge is 0.468 e. The molecule has 1 amide bonds. The summed E-state index contributed by atoms with van der Waals surface area (Å²) in [5, 5.41) is 2.90. The molecule has 0 saturated carbocycles. The summed E-state index contributed by atoms with van der Waals surface area (Å²) >= 11 is 0. The number of nitrogens with one attached hydrogen (secondary N) is 1. The molecule has 2 aromatic rings. The standard InChI is InChI=1S/C18H22N2O4S/c1-14-5-2-3-7-17(14)19-18(21)12-20(11-16-6-4-9-24-16)15-8-10-25(22,23)13-15/h2-7,9,15H,8,10-13H2,1H3,(H,19,21)/t15-/m1/s1. The Morgan fingerprint density at radius 3 is 2.72 bits per heavy atom. The van der Waals surface area contributed by atoms with Crippen molar-refractivity contribution in [2.45, 2.75) is 25.9 Å². The lowest BCUT2D eigenvalue weighted by Crippen LogP contribution is -2.41. The quantitative estimate of drug-likeness (QED) is 0.852. The van der Waals surface area contributed by atoms with Crippen molar-refractivity contribution >= 4 is 21.4 Å². The molecule has 0 unspecified atom stereocenters. The molecule has 1 aromatic heterocycles. The third-order valence-electron chi connectivity index (χ3n) is 4.43. The molecule has 1 saturated heterocycles. The highest BCUT2D eigenvalue weighted by Gasteiger charge is 2.33. The van der Waals surface area contributed by atoms with E-state index in [0.717, 1.165) is 11.3 Å². The Morgan fingerprint density at radius 1 is 1.28 bits per heavy atom. The van der Waals surface area contributed by atoms with E-state index in [1.54, 1.807) is 12.3 Å². The van der Waals surface area contributed by atoms with Crippen LogP contribution in [0.3, 0.4) is 0 Å². The molecular weight excluding hydrogens is 340 g/mol. The number of nitrogens with zero attached hydrogens (tertiary/aromatic N) is 1. The van der Waals surface area contributed by atoms with Crippen LogP contribution in [0, 0.1) is 6.92 Å². The topological polar surface area (TPSA) is 79.6 Å². The molecule has 7 heteroatoms. The van der Waals surface area contributed by atoms with Gasteiger partial charge < -0.3 is 9.73 Å². The van der Waals surface area contributed by atoms with Gasteiger partial charge in [0.1, 0.15) is 5.76 Å². The zero-order valence-electron chi connectivity index (χ0n) is 14.1. The first-order valence-electron chi connectivity index (χ1n) is 8.25. The molecule has 3 rings (SSSR count). The Balaban J connectivity index is 1.70. The highest BCUT2D eigenvalue weighted by molar-refractivity contribution is 7.91. The minimum Gasteiger partial charge on any atom is -0.468 e. The second-order valence-electron chi connectivity index (χ2n) is 6.40. The van der Waals surface area contributed by atoms with Gasteiger partial charge in [-0.3, -0.25) is 9.69 Å². The van der Waals surface area contributed by atoms with Gasteiger partial charge in [-0.2, -0.15) is 0 Å². The van der Waals surface area contributed by atoms with Crippen LogP contribution in [0.5, 0.6) is 0 Å². The lowest BCUT2D eigenvalue weighted by molar-refractivity contribution is -0.118. The van der Waals surface area contributed by atoms with Crippen LogP contribution in [-0.2, 0) is 21.2 Å². The van der Waals surface area contributed by atoms with Crippen LogP contribution in [-0.4, -0.2) is 43.3 Å². The lowest BCUT2D eigenvalue weighted by Gasteiger charge is -2.26.